The fraction of sp³-hybridized carbons (Fsp3) is 0.538. The van der Waals surface area contributed by atoms with Crippen molar-refractivity contribution in [1.29, 1.82) is 0 Å². The topological polar surface area (TPSA) is 55.9 Å². The molecular formula is C13H18N4O. The fourth-order valence-corrected chi connectivity index (χ4v) is 1.94. The van der Waals surface area contributed by atoms with Gasteiger partial charge in [0.15, 0.2) is 5.82 Å². The summed E-state index contributed by atoms with van der Waals surface area (Å²) in [5.74, 6) is 1.45. The molecule has 0 unspecified atom stereocenters. The van der Waals surface area contributed by atoms with Gasteiger partial charge >= 0.3 is 0 Å². The smallest absolute Gasteiger partial charge is 0.246 e. The average Bonchev–Trinajstić information content (AvgIpc) is 2.93. The van der Waals surface area contributed by atoms with Gasteiger partial charge < -0.3 is 14.4 Å². The first kappa shape index (κ1) is 11.5. The minimum absolute atomic E-state index is 0.654. The van der Waals surface area contributed by atoms with Crippen molar-refractivity contribution in [2.24, 2.45) is 0 Å². The zero-order valence-electron chi connectivity index (χ0n) is 10.6. The summed E-state index contributed by atoms with van der Waals surface area (Å²) in [5.41, 5.74) is 1.26. The summed E-state index contributed by atoms with van der Waals surface area (Å²) >= 11 is 0. The molecule has 5 heteroatoms. The normalized spacial score (nSPS) is 15.2. The van der Waals surface area contributed by atoms with Gasteiger partial charge in [0, 0.05) is 30.9 Å². The summed E-state index contributed by atoms with van der Waals surface area (Å²) in [6.07, 6.45) is 5.49. The fourth-order valence-electron chi connectivity index (χ4n) is 1.94. The van der Waals surface area contributed by atoms with Crippen molar-refractivity contribution in [2.45, 2.75) is 45.3 Å². The maximum absolute atomic E-state index is 5.22. The van der Waals surface area contributed by atoms with Gasteiger partial charge in [0.05, 0.1) is 0 Å². The van der Waals surface area contributed by atoms with Gasteiger partial charge in [0.25, 0.3) is 0 Å². The van der Waals surface area contributed by atoms with E-state index in [2.05, 4.69) is 38.4 Å². The minimum atomic E-state index is 0.654. The highest BCUT2D eigenvalue weighted by Crippen LogP contribution is 2.19. The van der Waals surface area contributed by atoms with E-state index in [0.717, 1.165) is 24.8 Å². The summed E-state index contributed by atoms with van der Waals surface area (Å²) < 4.78 is 7.37. The van der Waals surface area contributed by atoms with Crippen LogP contribution >= 0.6 is 0 Å². The Labute approximate surface area is 106 Å². The molecule has 2 aromatic rings. The number of nitrogens with one attached hydrogen (secondary N) is 1. The summed E-state index contributed by atoms with van der Waals surface area (Å²) in [4.78, 5) is 4.33. The molecule has 2 heterocycles. The molecule has 0 saturated heterocycles. The Morgan fingerprint density at radius 1 is 1.50 bits per heavy atom. The van der Waals surface area contributed by atoms with Gasteiger partial charge in [-0.1, -0.05) is 12.1 Å². The molecule has 0 amide bonds. The molecule has 1 fully saturated rings. The third-order valence-corrected chi connectivity index (χ3v) is 3.20. The van der Waals surface area contributed by atoms with E-state index in [-0.39, 0.29) is 0 Å². The predicted molar refractivity (Wildman–Crippen MR) is 67.1 cm³/mol. The van der Waals surface area contributed by atoms with Crippen molar-refractivity contribution in [3.05, 3.63) is 35.7 Å². The van der Waals surface area contributed by atoms with Crippen LogP contribution in [0.1, 0.15) is 37.2 Å². The van der Waals surface area contributed by atoms with Gasteiger partial charge in [-0.25, -0.2) is 0 Å². The third kappa shape index (κ3) is 2.61. The summed E-state index contributed by atoms with van der Waals surface area (Å²) in [6, 6.07) is 4.91. The summed E-state index contributed by atoms with van der Waals surface area (Å²) in [6.45, 7) is 3.59. The first-order chi connectivity index (χ1) is 8.85. The first-order valence-electron chi connectivity index (χ1n) is 6.54. The molecule has 0 radical (unpaired) electrons. The molecule has 1 saturated carbocycles. The minimum Gasteiger partial charge on any atom is -0.341 e. The molecular weight excluding hydrogens is 228 g/mol. The number of hydrogen-bond donors (Lipinski definition) is 1. The van der Waals surface area contributed by atoms with Crippen LogP contribution < -0.4 is 5.32 Å². The molecule has 0 bridgehead atoms. The Hall–Kier alpha value is -1.62. The SMILES string of the molecule is CCc1noc(Cn2cccc2CNC2CC2)n1. The molecule has 1 N–H and O–H groups in total. The average molecular weight is 246 g/mol. The highest BCUT2D eigenvalue weighted by molar-refractivity contribution is 5.09. The molecule has 2 aromatic heterocycles. The maximum atomic E-state index is 5.22. The van der Waals surface area contributed by atoms with Gasteiger partial charge in [0.2, 0.25) is 5.89 Å². The second-order valence-electron chi connectivity index (χ2n) is 4.74. The quantitative estimate of drug-likeness (QED) is 0.843. The molecule has 1 aliphatic rings. The molecule has 18 heavy (non-hydrogen) atoms. The van der Waals surface area contributed by atoms with E-state index in [4.69, 9.17) is 4.52 Å². The van der Waals surface area contributed by atoms with E-state index in [1.807, 2.05) is 6.92 Å². The Bertz CT molecular complexity index is 513. The summed E-state index contributed by atoms with van der Waals surface area (Å²) in [7, 11) is 0. The van der Waals surface area contributed by atoms with E-state index in [0.29, 0.717) is 12.4 Å². The lowest BCUT2D eigenvalue weighted by atomic mass is 10.4. The van der Waals surface area contributed by atoms with Crippen LogP contribution in [0.2, 0.25) is 0 Å². The van der Waals surface area contributed by atoms with Gasteiger partial charge in [0.1, 0.15) is 6.54 Å². The number of aryl methyl sites for hydroxylation is 1. The van der Waals surface area contributed by atoms with Crippen molar-refractivity contribution in [1.82, 2.24) is 20.0 Å². The number of nitrogens with zero attached hydrogens (tertiary/aromatic N) is 3. The zero-order valence-corrected chi connectivity index (χ0v) is 10.6. The van der Waals surface area contributed by atoms with Crippen LogP contribution in [0, 0.1) is 0 Å². The van der Waals surface area contributed by atoms with Gasteiger partial charge in [-0.15, -0.1) is 0 Å². The molecule has 5 nitrogen and oxygen atoms in total. The lowest BCUT2D eigenvalue weighted by Gasteiger charge is -2.07. The van der Waals surface area contributed by atoms with Crippen molar-refractivity contribution >= 4 is 0 Å². The Morgan fingerprint density at radius 2 is 2.39 bits per heavy atom. The molecule has 0 aromatic carbocycles. The standard InChI is InChI=1S/C13H18N4O/c1-2-12-15-13(18-16-12)9-17-7-3-4-11(17)8-14-10-5-6-10/h3-4,7,10,14H,2,5-6,8-9H2,1H3. The van der Waals surface area contributed by atoms with E-state index in [1.54, 1.807) is 0 Å². The first-order valence-corrected chi connectivity index (χ1v) is 6.54. The van der Waals surface area contributed by atoms with E-state index < -0.39 is 0 Å². The van der Waals surface area contributed by atoms with Crippen LogP contribution in [0.4, 0.5) is 0 Å². The van der Waals surface area contributed by atoms with Crippen LogP contribution in [-0.2, 0) is 19.5 Å². The van der Waals surface area contributed by atoms with Crippen molar-refractivity contribution in [3.63, 3.8) is 0 Å². The van der Waals surface area contributed by atoms with Gasteiger partial charge in [-0.05, 0) is 25.0 Å². The second-order valence-corrected chi connectivity index (χ2v) is 4.74. The number of hydrogen-bond acceptors (Lipinski definition) is 4. The van der Waals surface area contributed by atoms with Gasteiger partial charge in [-0.3, -0.25) is 0 Å². The van der Waals surface area contributed by atoms with Crippen LogP contribution in [-0.4, -0.2) is 20.7 Å². The molecule has 1 aliphatic carbocycles. The molecule has 0 atom stereocenters. The number of rotatable bonds is 6. The van der Waals surface area contributed by atoms with Crippen LogP contribution in [0.3, 0.4) is 0 Å². The van der Waals surface area contributed by atoms with Crippen LogP contribution in [0.25, 0.3) is 0 Å². The van der Waals surface area contributed by atoms with Crippen LogP contribution in [0.5, 0.6) is 0 Å². The highest BCUT2D eigenvalue weighted by atomic mass is 16.5. The Balaban J connectivity index is 1.65. The zero-order chi connectivity index (χ0) is 12.4. The third-order valence-electron chi connectivity index (χ3n) is 3.20. The predicted octanol–water partition coefficient (Wildman–Crippen LogP) is 1.73. The van der Waals surface area contributed by atoms with Crippen LogP contribution in [0.15, 0.2) is 22.9 Å². The van der Waals surface area contributed by atoms with E-state index >= 15 is 0 Å². The maximum Gasteiger partial charge on any atom is 0.246 e. The van der Waals surface area contributed by atoms with Crippen molar-refractivity contribution < 1.29 is 4.52 Å². The molecule has 96 valence electrons. The number of aromatic nitrogens is 3. The lowest BCUT2D eigenvalue weighted by molar-refractivity contribution is 0.365. The highest BCUT2D eigenvalue weighted by Gasteiger charge is 2.20. The molecule has 0 spiro atoms. The van der Waals surface area contributed by atoms with Crippen molar-refractivity contribution in [2.75, 3.05) is 0 Å². The second kappa shape index (κ2) is 4.94. The Kier molecular flexibility index (Phi) is 3.15. The summed E-state index contributed by atoms with van der Waals surface area (Å²) in [5, 5.41) is 7.43. The monoisotopic (exact) mass is 246 g/mol. The molecule has 0 aliphatic heterocycles. The van der Waals surface area contributed by atoms with Crippen molar-refractivity contribution in [3.8, 4) is 0 Å². The Morgan fingerprint density at radius 3 is 3.11 bits per heavy atom. The van der Waals surface area contributed by atoms with E-state index in [9.17, 15) is 0 Å². The van der Waals surface area contributed by atoms with Gasteiger partial charge in [-0.2, -0.15) is 4.98 Å². The largest absolute Gasteiger partial charge is 0.341 e. The molecule has 3 rings (SSSR count). The lowest BCUT2D eigenvalue weighted by Crippen LogP contribution is -2.18. The van der Waals surface area contributed by atoms with E-state index in [1.165, 1.54) is 18.5 Å².